The summed E-state index contributed by atoms with van der Waals surface area (Å²) in [5, 5.41) is 1.17. The number of carbonyl (C=O) groups excluding carboxylic acids is 1. The van der Waals surface area contributed by atoms with Gasteiger partial charge in [0.15, 0.2) is 5.82 Å². The predicted octanol–water partition coefficient (Wildman–Crippen LogP) is 5.11. The normalized spacial score (nSPS) is 14.1. The number of hydrogen-bond donors (Lipinski definition) is 1. The maximum absolute atomic E-state index is 15.9. The van der Waals surface area contributed by atoms with Crippen LogP contribution in [-0.2, 0) is 4.79 Å². The Kier molecular flexibility index (Phi) is 5.57. The summed E-state index contributed by atoms with van der Waals surface area (Å²) in [6.45, 7) is 5.32. The summed E-state index contributed by atoms with van der Waals surface area (Å²) >= 11 is 6.21. The van der Waals surface area contributed by atoms with Crippen molar-refractivity contribution >= 4 is 44.9 Å². The van der Waals surface area contributed by atoms with Crippen LogP contribution in [0.5, 0.6) is 0 Å². The zero-order chi connectivity index (χ0) is 24.0. The molecule has 1 saturated heterocycles. The van der Waals surface area contributed by atoms with Crippen LogP contribution in [0.15, 0.2) is 66.0 Å². The maximum atomic E-state index is 15.9. The van der Waals surface area contributed by atoms with E-state index in [2.05, 4.69) is 11.6 Å². The van der Waals surface area contributed by atoms with E-state index in [1.165, 1.54) is 18.2 Å². The van der Waals surface area contributed by atoms with Crippen LogP contribution >= 0.6 is 11.6 Å². The van der Waals surface area contributed by atoms with Crippen LogP contribution in [0, 0.1) is 11.6 Å². The van der Waals surface area contributed by atoms with Gasteiger partial charge in [0.2, 0.25) is 5.91 Å². The molecule has 0 saturated carbocycles. The number of benzene rings is 3. The molecule has 1 aliphatic heterocycles. The molecule has 5 nitrogen and oxygen atoms in total. The average molecular weight is 480 g/mol. The number of H-pyrrole nitrogens is 1. The summed E-state index contributed by atoms with van der Waals surface area (Å²) in [5.74, 6) is -1.15. The molecule has 1 amide bonds. The molecule has 4 aromatic rings. The van der Waals surface area contributed by atoms with Crippen LogP contribution in [0.4, 0.5) is 14.5 Å². The predicted molar refractivity (Wildman–Crippen MR) is 131 cm³/mol. The molecular weight excluding hydrogens is 460 g/mol. The number of fused-ring (bicyclic) bond motifs is 3. The lowest BCUT2D eigenvalue weighted by molar-refractivity contribution is -0.126. The number of nitrogens with zero attached hydrogens (tertiary/aromatic N) is 2. The van der Waals surface area contributed by atoms with Crippen molar-refractivity contribution in [3.63, 3.8) is 0 Å². The molecule has 0 aliphatic carbocycles. The topological polar surface area (TPSA) is 56.4 Å². The van der Waals surface area contributed by atoms with Crippen molar-refractivity contribution in [2.45, 2.75) is 0 Å². The number of amides is 1. The quantitative estimate of drug-likeness (QED) is 0.328. The van der Waals surface area contributed by atoms with E-state index in [-0.39, 0.29) is 27.3 Å². The number of rotatable bonds is 3. The van der Waals surface area contributed by atoms with Crippen molar-refractivity contribution in [1.29, 1.82) is 0 Å². The summed E-state index contributed by atoms with van der Waals surface area (Å²) in [6, 6.07) is 12.5. The second-order valence-electron chi connectivity index (χ2n) is 8.15. The Bertz CT molecular complexity index is 1500. The van der Waals surface area contributed by atoms with Gasteiger partial charge in [-0.1, -0.05) is 36.4 Å². The van der Waals surface area contributed by atoms with Gasteiger partial charge in [-0.25, -0.2) is 8.78 Å². The standard InChI is InChI=1S/C26H20ClF2N3O2/c1-2-22(33)32-12-10-31(11-13-32)21-9-8-17-24(25(21)29)16-7-6-15(14-20(16)30-26(17)34)23-18(27)4-3-5-19(23)28/h2-9,14H,1,10-13H2,(H,30,34). The number of aromatic nitrogens is 1. The molecule has 1 aliphatic rings. The fraction of sp³-hybridized carbons (Fsp3) is 0.154. The first kappa shape index (κ1) is 22.1. The van der Waals surface area contributed by atoms with Crippen molar-refractivity contribution in [2.24, 2.45) is 0 Å². The lowest BCUT2D eigenvalue weighted by atomic mass is 9.99. The molecule has 172 valence electrons. The monoisotopic (exact) mass is 479 g/mol. The van der Waals surface area contributed by atoms with E-state index in [0.29, 0.717) is 48.3 Å². The number of hydrogen-bond acceptors (Lipinski definition) is 3. The molecule has 1 fully saturated rings. The minimum Gasteiger partial charge on any atom is -0.366 e. The molecule has 1 N–H and O–H groups in total. The van der Waals surface area contributed by atoms with Gasteiger partial charge >= 0.3 is 0 Å². The molecule has 2 heterocycles. The van der Waals surface area contributed by atoms with Crippen LogP contribution in [0.1, 0.15) is 0 Å². The summed E-state index contributed by atoms with van der Waals surface area (Å²) in [7, 11) is 0. The van der Waals surface area contributed by atoms with Crippen LogP contribution in [0.25, 0.3) is 32.8 Å². The highest BCUT2D eigenvalue weighted by Crippen LogP contribution is 2.35. The SMILES string of the molecule is C=CC(=O)N1CCN(c2ccc3c(=O)[nH]c4cc(-c5c(F)cccc5Cl)ccc4c3c2F)CC1. The third-order valence-electron chi connectivity index (χ3n) is 6.26. The molecule has 1 aromatic heterocycles. The van der Waals surface area contributed by atoms with E-state index < -0.39 is 17.2 Å². The second kappa shape index (κ2) is 8.57. The van der Waals surface area contributed by atoms with Crippen molar-refractivity contribution < 1.29 is 13.6 Å². The van der Waals surface area contributed by atoms with Crippen molar-refractivity contribution in [1.82, 2.24) is 9.88 Å². The van der Waals surface area contributed by atoms with E-state index >= 15 is 4.39 Å². The highest BCUT2D eigenvalue weighted by atomic mass is 35.5. The molecule has 5 rings (SSSR count). The summed E-state index contributed by atoms with van der Waals surface area (Å²) in [5.41, 5.74) is 1.00. The Labute approximate surface area is 198 Å². The number of aromatic amines is 1. The lowest BCUT2D eigenvalue weighted by Crippen LogP contribution is -2.48. The second-order valence-corrected chi connectivity index (χ2v) is 8.56. The van der Waals surface area contributed by atoms with Crippen molar-refractivity contribution in [3.8, 4) is 11.1 Å². The van der Waals surface area contributed by atoms with E-state index in [9.17, 15) is 14.0 Å². The van der Waals surface area contributed by atoms with Crippen molar-refractivity contribution in [2.75, 3.05) is 31.1 Å². The minimum atomic E-state index is -0.506. The summed E-state index contributed by atoms with van der Waals surface area (Å²) in [4.78, 5) is 30.9. The zero-order valence-corrected chi connectivity index (χ0v) is 18.8. The van der Waals surface area contributed by atoms with Gasteiger partial charge in [0.25, 0.3) is 5.56 Å². The Morgan fingerprint density at radius 2 is 1.76 bits per heavy atom. The van der Waals surface area contributed by atoms with Crippen molar-refractivity contribution in [3.05, 3.63) is 88.2 Å². The van der Waals surface area contributed by atoms with Crippen LogP contribution < -0.4 is 10.5 Å². The highest BCUT2D eigenvalue weighted by molar-refractivity contribution is 6.33. The molecular formula is C26H20ClF2N3O2. The smallest absolute Gasteiger partial charge is 0.256 e. The molecule has 0 spiro atoms. The van der Waals surface area contributed by atoms with Gasteiger partial charge < -0.3 is 14.8 Å². The summed E-state index contributed by atoms with van der Waals surface area (Å²) < 4.78 is 30.3. The number of anilines is 1. The minimum absolute atomic E-state index is 0.151. The number of piperazine rings is 1. The zero-order valence-electron chi connectivity index (χ0n) is 18.1. The maximum Gasteiger partial charge on any atom is 0.256 e. The lowest BCUT2D eigenvalue weighted by Gasteiger charge is -2.36. The van der Waals surface area contributed by atoms with Crippen LogP contribution in [0.2, 0.25) is 5.02 Å². The van der Waals surface area contributed by atoms with Gasteiger partial charge in [0, 0.05) is 48.0 Å². The number of nitrogens with one attached hydrogen (secondary N) is 1. The third kappa shape index (κ3) is 3.62. The fourth-order valence-corrected chi connectivity index (χ4v) is 4.82. The van der Waals surface area contributed by atoms with Gasteiger partial charge in [0.1, 0.15) is 5.82 Å². The van der Waals surface area contributed by atoms with Gasteiger partial charge in [0.05, 0.1) is 16.1 Å². The van der Waals surface area contributed by atoms with Gasteiger partial charge in [-0.3, -0.25) is 9.59 Å². The Balaban J connectivity index is 1.62. The molecule has 0 atom stereocenters. The molecule has 34 heavy (non-hydrogen) atoms. The average Bonchev–Trinajstić information content (AvgIpc) is 2.84. The number of pyridine rings is 1. The third-order valence-corrected chi connectivity index (χ3v) is 6.58. The van der Waals surface area contributed by atoms with E-state index in [4.69, 9.17) is 11.6 Å². The first-order valence-corrected chi connectivity index (χ1v) is 11.2. The number of halogens is 3. The van der Waals surface area contributed by atoms with Crippen LogP contribution in [0.3, 0.4) is 0 Å². The Morgan fingerprint density at radius 3 is 2.47 bits per heavy atom. The largest absolute Gasteiger partial charge is 0.366 e. The van der Waals surface area contributed by atoms with Gasteiger partial charge in [-0.15, -0.1) is 0 Å². The molecule has 0 unspecified atom stereocenters. The van der Waals surface area contributed by atoms with Gasteiger partial charge in [-0.2, -0.15) is 0 Å². The first-order chi connectivity index (χ1) is 16.4. The molecule has 3 aromatic carbocycles. The fourth-order valence-electron chi connectivity index (χ4n) is 4.54. The Hall–Kier alpha value is -3.71. The van der Waals surface area contributed by atoms with E-state index in [0.717, 1.165) is 0 Å². The highest BCUT2D eigenvalue weighted by Gasteiger charge is 2.23. The Morgan fingerprint density at radius 1 is 1.03 bits per heavy atom. The molecule has 0 radical (unpaired) electrons. The molecule has 0 bridgehead atoms. The van der Waals surface area contributed by atoms with E-state index in [1.807, 2.05) is 4.90 Å². The van der Waals surface area contributed by atoms with E-state index in [1.54, 1.807) is 41.3 Å². The molecule has 8 heteroatoms. The summed E-state index contributed by atoms with van der Waals surface area (Å²) in [6.07, 6.45) is 1.27. The first-order valence-electron chi connectivity index (χ1n) is 10.8. The van der Waals surface area contributed by atoms with Gasteiger partial charge in [-0.05, 0) is 42.0 Å². The van der Waals surface area contributed by atoms with Crippen LogP contribution in [-0.4, -0.2) is 42.0 Å². The number of carbonyl (C=O) groups is 1.